The monoisotopic (exact) mass is 353 g/mol. The zero-order chi connectivity index (χ0) is 17.2. The van der Waals surface area contributed by atoms with Crippen molar-refractivity contribution in [2.75, 3.05) is 6.54 Å². The number of nitrogens with one attached hydrogen (secondary N) is 1. The second-order valence-electron chi connectivity index (χ2n) is 6.14. The van der Waals surface area contributed by atoms with Crippen LogP contribution in [0.25, 0.3) is 16.4 Å². The standard InChI is InChI=1S/C18H19N5OS/c19-11-14(12-8-9-12)20-18(24)16-21-17(15-7-4-10-25-15)23(22-16)13-5-2-1-3-6-13/h1-7,10,12,14H,8-9,11,19H2,(H,20,24). The van der Waals surface area contributed by atoms with Gasteiger partial charge in [0, 0.05) is 12.6 Å². The Bertz CT molecular complexity index is 855. The Balaban J connectivity index is 1.68. The molecule has 1 atom stereocenters. The van der Waals surface area contributed by atoms with E-state index in [0.29, 0.717) is 18.3 Å². The minimum atomic E-state index is -0.269. The lowest BCUT2D eigenvalue weighted by atomic mass is 10.2. The van der Waals surface area contributed by atoms with Crippen molar-refractivity contribution in [3.8, 4) is 16.4 Å². The van der Waals surface area contributed by atoms with Crippen LogP contribution in [0.3, 0.4) is 0 Å². The van der Waals surface area contributed by atoms with Crippen molar-refractivity contribution >= 4 is 17.2 Å². The molecule has 1 aliphatic carbocycles. The van der Waals surface area contributed by atoms with Gasteiger partial charge < -0.3 is 11.1 Å². The Hall–Kier alpha value is -2.51. The second kappa shape index (κ2) is 6.78. The summed E-state index contributed by atoms with van der Waals surface area (Å²) in [6.07, 6.45) is 2.24. The number of thiophene rings is 1. The topological polar surface area (TPSA) is 85.8 Å². The molecule has 2 aromatic heterocycles. The number of amides is 1. The first kappa shape index (κ1) is 16.0. The molecule has 1 unspecified atom stereocenters. The van der Waals surface area contributed by atoms with Gasteiger partial charge >= 0.3 is 0 Å². The highest BCUT2D eigenvalue weighted by molar-refractivity contribution is 7.13. The molecule has 1 fully saturated rings. The van der Waals surface area contributed by atoms with Crippen molar-refractivity contribution in [3.63, 3.8) is 0 Å². The molecule has 6 nitrogen and oxygen atoms in total. The summed E-state index contributed by atoms with van der Waals surface area (Å²) in [6.45, 7) is 0.438. The number of hydrogen-bond donors (Lipinski definition) is 2. The molecule has 0 aliphatic heterocycles. The van der Waals surface area contributed by atoms with Gasteiger partial charge in [-0.15, -0.1) is 16.4 Å². The van der Waals surface area contributed by atoms with E-state index >= 15 is 0 Å². The number of nitrogens with two attached hydrogens (primary N) is 1. The van der Waals surface area contributed by atoms with Crippen molar-refractivity contribution in [1.82, 2.24) is 20.1 Å². The molecule has 0 radical (unpaired) electrons. The first-order valence-electron chi connectivity index (χ1n) is 8.33. The largest absolute Gasteiger partial charge is 0.345 e. The van der Waals surface area contributed by atoms with Crippen molar-refractivity contribution in [1.29, 1.82) is 0 Å². The molecule has 1 saturated carbocycles. The van der Waals surface area contributed by atoms with Gasteiger partial charge in [-0.2, -0.15) is 0 Å². The van der Waals surface area contributed by atoms with Crippen LogP contribution in [0.1, 0.15) is 23.5 Å². The highest BCUT2D eigenvalue weighted by Crippen LogP contribution is 2.32. The lowest BCUT2D eigenvalue weighted by Crippen LogP contribution is -2.42. The fraction of sp³-hybridized carbons (Fsp3) is 0.278. The molecule has 0 spiro atoms. The predicted molar refractivity (Wildman–Crippen MR) is 97.7 cm³/mol. The maximum atomic E-state index is 12.6. The average Bonchev–Trinajstić information content (AvgIpc) is 3.17. The number of rotatable bonds is 6. The van der Waals surface area contributed by atoms with E-state index < -0.39 is 0 Å². The van der Waals surface area contributed by atoms with Crippen molar-refractivity contribution in [2.24, 2.45) is 11.7 Å². The molecule has 3 N–H and O–H groups in total. The normalized spacial score (nSPS) is 15.1. The van der Waals surface area contributed by atoms with Gasteiger partial charge in [0.25, 0.3) is 5.91 Å². The van der Waals surface area contributed by atoms with Gasteiger partial charge in [0.05, 0.1) is 10.6 Å². The number of hydrogen-bond acceptors (Lipinski definition) is 5. The molecule has 0 bridgehead atoms. The van der Waals surface area contributed by atoms with Crippen LogP contribution < -0.4 is 11.1 Å². The number of carbonyl (C=O) groups excluding carboxylic acids is 1. The molecule has 1 aromatic carbocycles. The van der Waals surface area contributed by atoms with Gasteiger partial charge in [-0.3, -0.25) is 4.79 Å². The highest BCUT2D eigenvalue weighted by Gasteiger charge is 2.32. The van der Waals surface area contributed by atoms with Crippen LogP contribution in [0.2, 0.25) is 0 Å². The average molecular weight is 353 g/mol. The summed E-state index contributed by atoms with van der Waals surface area (Å²) < 4.78 is 1.72. The summed E-state index contributed by atoms with van der Waals surface area (Å²) in [4.78, 5) is 18.1. The first-order valence-corrected chi connectivity index (χ1v) is 9.21. The van der Waals surface area contributed by atoms with Gasteiger partial charge in [-0.05, 0) is 42.3 Å². The van der Waals surface area contributed by atoms with Gasteiger partial charge in [-0.25, -0.2) is 9.67 Å². The lowest BCUT2D eigenvalue weighted by molar-refractivity contribution is 0.0923. The Labute approximate surface area is 149 Å². The van der Waals surface area contributed by atoms with Crippen LogP contribution in [0.5, 0.6) is 0 Å². The number of aromatic nitrogens is 3. The Morgan fingerprint density at radius 2 is 2.08 bits per heavy atom. The number of benzene rings is 1. The van der Waals surface area contributed by atoms with E-state index in [2.05, 4.69) is 15.4 Å². The Morgan fingerprint density at radius 3 is 2.72 bits per heavy atom. The summed E-state index contributed by atoms with van der Waals surface area (Å²) in [5, 5.41) is 9.43. The Morgan fingerprint density at radius 1 is 1.28 bits per heavy atom. The van der Waals surface area contributed by atoms with E-state index in [1.165, 1.54) is 0 Å². The fourth-order valence-electron chi connectivity index (χ4n) is 2.82. The van der Waals surface area contributed by atoms with Gasteiger partial charge in [0.1, 0.15) is 0 Å². The van der Waals surface area contributed by atoms with Crippen LogP contribution in [0.4, 0.5) is 0 Å². The molecule has 3 aromatic rings. The molecule has 25 heavy (non-hydrogen) atoms. The van der Waals surface area contributed by atoms with Crippen molar-refractivity contribution < 1.29 is 4.79 Å². The quantitative estimate of drug-likeness (QED) is 0.713. The molecular weight excluding hydrogens is 334 g/mol. The van der Waals surface area contributed by atoms with Crippen LogP contribution in [0, 0.1) is 5.92 Å². The highest BCUT2D eigenvalue weighted by atomic mass is 32.1. The summed E-state index contributed by atoms with van der Waals surface area (Å²) in [5.74, 6) is 1.06. The fourth-order valence-corrected chi connectivity index (χ4v) is 3.52. The van der Waals surface area contributed by atoms with Gasteiger partial charge in [0.15, 0.2) is 5.82 Å². The second-order valence-corrected chi connectivity index (χ2v) is 7.08. The van der Waals surface area contributed by atoms with E-state index in [0.717, 1.165) is 23.4 Å². The minimum absolute atomic E-state index is 0.00126. The van der Waals surface area contributed by atoms with Crippen LogP contribution in [-0.4, -0.2) is 33.3 Å². The molecule has 7 heteroatoms. The number of carbonyl (C=O) groups is 1. The van der Waals surface area contributed by atoms with E-state index in [9.17, 15) is 4.79 Å². The predicted octanol–water partition coefficient (Wildman–Crippen LogP) is 2.46. The molecule has 1 amide bonds. The zero-order valence-corrected chi connectivity index (χ0v) is 14.4. The third-order valence-corrected chi connectivity index (χ3v) is 5.18. The maximum Gasteiger partial charge on any atom is 0.291 e. The van der Waals surface area contributed by atoms with Crippen molar-refractivity contribution in [3.05, 3.63) is 53.7 Å². The minimum Gasteiger partial charge on any atom is -0.345 e. The van der Waals surface area contributed by atoms with Crippen LogP contribution in [-0.2, 0) is 0 Å². The number of para-hydroxylation sites is 1. The summed E-state index contributed by atoms with van der Waals surface area (Å²) >= 11 is 1.57. The molecular formula is C18H19N5OS. The molecule has 128 valence electrons. The van der Waals surface area contributed by atoms with Crippen molar-refractivity contribution in [2.45, 2.75) is 18.9 Å². The van der Waals surface area contributed by atoms with Gasteiger partial charge in [0.2, 0.25) is 5.82 Å². The van der Waals surface area contributed by atoms with E-state index in [1.807, 2.05) is 47.8 Å². The molecule has 0 saturated heterocycles. The van der Waals surface area contributed by atoms with Gasteiger partial charge in [-0.1, -0.05) is 24.3 Å². The van der Waals surface area contributed by atoms with Crippen LogP contribution >= 0.6 is 11.3 Å². The zero-order valence-electron chi connectivity index (χ0n) is 13.6. The molecule has 4 rings (SSSR count). The van der Waals surface area contributed by atoms with Crippen LogP contribution in [0.15, 0.2) is 47.8 Å². The van der Waals surface area contributed by atoms with E-state index in [1.54, 1.807) is 16.0 Å². The summed E-state index contributed by atoms with van der Waals surface area (Å²) in [5.41, 5.74) is 6.65. The SMILES string of the molecule is NCC(NC(=O)c1nc(-c2cccs2)n(-c2ccccc2)n1)C1CC1. The third kappa shape index (κ3) is 3.33. The summed E-state index contributed by atoms with van der Waals surface area (Å²) in [7, 11) is 0. The van der Waals surface area contributed by atoms with E-state index in [4.69, 9.17) is 5.73 Å². The first-order chi connectivity index (χ1) is 12.3. The Kier molecular flexibility index (Phi) is 4.33. The number of nitrogens with zero attached hydrogens (tertiary/aromatic N) is 3. The van der Waals surface area contributed by atoms with E-state index in [-0.39, 0.29) is 17.8 Å². The molecule has 1 aliphatic rings. The third-order valence-electron chi connectivity index (χ3n) is 4.31. The maximum absolute atomic E-state index is 12.6. The summed E-state index contributed by atoms with van der Waals surface area (Å²) in [6, 6.07) is 13.6. The lowest BCUT2D eigenvalue weighted by Gasteiger charge is -2.14. The molecule has 2 heterocycles. The smallest absolute Gasteiger partial charge is 0.291 e.